The van der Waals surface area contributed by atoms with E-state index in [1.807, 2.05) is 30.3 Å². The lowest BCUT2D eigenvalue weighted by atomic mass is 10.0. The van der Waals surface area contributed by atoms with Gasteiger partial charge in [0.2, 0.25) is 5.91 Å². The highest BCUT2D eigenvalue weighted by atomic mass is 19.4. The number of piperazine rings is 1. The molecule has 2 aromatic carbocycles. The van der Waals surface area contributed by atoms with Gasteiger partial charge < -0.3 is 4.90 Å². The van der Waals surface area contributed by atoms with Gasteiger partial charge in [-0.1, -0.05) is 30.3 Å². The van der Waals surface area contributed by atoms with Gasteiger partial charge in [-0.25, -0.2) is 0 Å². The Labute approximate surface area is 207 Å². The number of hydrogen-bond donors (Lipinski definition) is 0. The van der Waals surface area contributed by atoms with Crippen LogP contribution in [0.5, 0.6) is 0 Å². The fourth-order valence-corrected chi connectivity index (χ4v) is 4.44. The second-order valence-electron chi connectivity index (χ2n) is 9.40. The van der Waals surface area contributed by atoms with E-state index in [1.165, 1.54) is 11.9 Å². The van der Waals surface area contributed by atoms with Gasteiger partial charge in [-0.2, -0.15) is 26.3 Å². The normalized spacial score (nSPS) is 16.8. The molecule has 0 bridgehead atoms. The van der Waals surface area contributed by atoms with E-state index in [4.69, 9.17) is 0 Å². The van der Waals surface area contributed by atoms with Crippen molar-refractivity contribution in [1.82, 2.24) is 14.7 Å². The largest absolute Gasteiger partial charge is 0.416 e. The number of benzene rings is 2. The van der Waals surface area contributed by atoms with Crippen LogP contribution in [-0.2, 0) is 23.6 Å². The van der Waals surface area contributed by atoms with E-state index in [0.29, 0.717) is 31.3 Å². The summed E-state index contributed by atoms with van der Waals surface area (Å²) in [7, 11) is 1.53. The first-order chi connectivity index (χ1) is 16.8. The third kappa shape index (κ3) is 7.00. The Morgan fingerprint density at radius 3 is 1.83 bits per heavy atom. The van der Waals surface area contributed by atoms with Crippen LogP contribution in [0.15, 0.2) is 48.5 Å². The SMILES string of the molecule is CC(C)N1CCN(C(C(=O)N(C)CCc2cc(C(F)(F)F)cc(C(F)(F)F)c2)c2ccccc2)CC1. The topological polar surface area (TPSA) is 26.8 Å². The van der Waals surface area contributed by atoms with E-state index in [9.17, 15) is 31.1 Å². The molecule has 1 aliphatic rings. The molecule has 0 saturated carbocycles. The average molecular weight is 516 g/mol. The zero-order chi connectivity index (χ0) is 26.7. The second kappa shape index (κ2) is 11.2. The Bertz CT molecular complexity index is 982. The van der Waals surface area contributed by atoms with Crippen molar-refractivity contribution in [2.24, 2.45) is 0 Å². The van der Waals surface area contributed by atoms with Crippen LogP contribution in [0.2, 0.25) is 0 Å². The first-order valence-corrected chi connectivity index (χ1v) is 11.8. The van der Waals surface area contributed by atoms with Crippen LogP contribution < -0.4 is 0 Å². The van der Waals surface area contributed by atoms with E-state index in [1.54, 1.807) is 0 Å². The van der Waals surface area contributed by atoms with Crippen molar-refractivity contribution in [2.45, 2.75) is 44.7 Å². The van der Waals surface area contributed by atoms with E-state index in [0.717, 1.165) is 18.7 Å². The molecule has 1 aliphatic heterocycles. The molecule has 1 unspecified atom stereocenters. The number of hydrogen-bond acceptors (Lipinski definition) is 3. The average Bonchev–Trinajstić information content (AvgIpc) is 2.82. The number of halogens is 6. The molecule has 10 heteroatoms. The van der Waals surface area contributed by atoms with Crippen molar-refractivity contribution in [3.8, 4) is 0 Å². The number of carbonyl (C=O) groups excluding carboxylic acids is 1. The Morgan fingerprint density at radius 1 is 0.861 bits per heavy atom. The van der Waals surface area contributed by atoms with Crippen molar-refractivity contribution in [3.63, 3.8) is 0 Å². The minimum atomic E-state index is -4.91. The highest BCUT2D eigenvalue weighted by molar-refractivity contribution is 5.83. The minimum absolute atomic E-state index is 0.0211. The fourth-order valence-electron chi connectivity index (χ4n) is 4.44. The van der Waals surface area contributed by atoms with Gasteiger partial charge in [-0.15, -0.1) is 0 Å². The molecule has 0 aromatic heterocycles. The van der Waals surface area contributed by atoms with Crippen LogP contribution in [-0.4, -0.2) is 66.4 Å². The van der Waals surface area contributed by atoms with Gasteiger partial charge in [0.1, 0.15) is 6.04 Å². The molecule has 0 aliphatic carbocycles. The van der Waals surface area contributed by atoms with E-state index >= 15 is 0 Å². The summed E-state index contributed by atoms with van der Waals surface area (Å²) in [6, 6.07) is 10.6. The molecule has 1 amide bonds. The highest BCUT2D eigenvalue weighted by Gasteiger charge is 2.37. The number of nitrogens with zero attached hydrogens (tertiary/aromatic N) is 3. The molecule has 0 radical (unpaired) electrons. The van der Waals surface area contributed by atoms with Gasteiger partial charge in [-0.3, -0.25) is 14.6 Å². The molecule has 1 heterocycles. The zero-order valence-corrected chi connectivity index (χ0v) is 20.5. The molecule has 4 nitrogen and oxygen atoms in total. The molecule has 1 atom stereocenters. The summed E-state index contributed by atoms with van der Waals surface area (Å²) in [6.45, 7) is 7.12. The Hall–Kier alpha value is -2.59. The van der Waals surface area contributed by atoms with Crippen LogP contribution in [0, 0.1) is 0 Å². The maximum atomic E-state index is 13.5. The molecule has 0 N–H and O–H groups in total. The molecular weight excluding hydrogens is 484 g/mol. The molecule has 198 valence electrons. The van der Waals surface area contributed by atoms with Crippen LogP contribution in [0.4, 0.5) is 26.3 Å². The Kier molecular flexibility index (Phi) is 8.71. The summed E-state index contributed by atoms with van der Waals surface area (Å²) < 4.78 is 79.2. The van der Waals surface area contributed by atoms with Crippen LogP contribution in [0.1, 0.15) is 42.1 Å². The Balaban J connectivity index is 1.79. The monoisotopic (exact) mass is 515 g/mol. The lowest BCUT2D eigenvalue weighted by Crippen LogP contribution is -2.52. The van der Waals surface area contributed by atoms with E-state index < -0.39 is 29.5 Å². The molecule has 36 heavy (non-hydrogen) atoms. The summed E-state index contributed by atoms with van der Waals surface area (Å²) in [5.74, 6) is -0.248. The van der Waals surface area contributed by atoms with Crippen molar-refractivity contribution in [3.05, 3.63) is 70.8 Å². The molecular formula is C26H31F6N3O. The smallest absolute Gasteiger partial charge is 0.344 e. The van der Waals surface area contributed by atoms with Crippen LogP contribution in [0.3, 0.4) is 0 Å². The number of amides is 1. The lowest BCUT2D eigenvalue weighted by Gasteiger charge is -2.41. The van der Waals surface area contributed by atoms with Gasteiger partial charge in [0.25, 0.3) is 0 Å². The number of likely N-dealkylation sites (N-methyl/N-ethyl adjacent to an activating group) is 1. The predicted molar refractivity (Wildman–Crippen MR) is 125 cm³/mol. The Morgan fingerprint density at radius 2 is 1.36 bits per heavy atom. The van der Waals surface area contributed by atoms with Gasteiger partial charge in [0.15, 0.2) is 0 Å². The van der Waals surface area contributed by atoms with Crippen molar-refractivity contribution < 1.29 is 31.1 Å². The molecule has 3 rings (SSSR count). The van der Waals surface area contributed by atoms with E-state index in [2.05, 4.69) is 23.6 Å². The summed E-state index contributed by atoms with van der Waals surface area (Å²) in [5, 5.41) is 0. The van der Waals surface area contributed by atoms with Crippen molar-refractivity contribution in [1.29, 1.82) is 0 Å². The van der Waals surface area contributed by atoms with Gasteiger partial charge >= 0.3 is 12.4 Å². The van der Waals surface area contributed by atoms with Crippen molar-refractivity contribution in [2.75, 3.05) is 39.8 Å². The molecule has 2 aromatic rings. The molecule has 1 saturated heterocycles. The maximum absolute atomic E-state index is 13.5. The summed E-state index contributed by atoms with van der Waals surface area (Å²) in [4.78, 5) is 19.3. The molecule has 1 fully saturated rings. The minimum Gasteiger partial charge on any atom is -0.344 e. The second-order valence-corrected chi connectivity index (χ2v) is 9.40. The first-order valence-electron chi connectivity index (χ1n) is 11.8. The first kappa shape index (κ1) is 28.0. The van der Waals surface area contributed by atoms with Gasteiger partial charge in [-0.05, 0) is 49.6 Å². The third-order valence-electron chi connectivity index (χ3n) is 6.55. The predicted octanol–water partition coefficient (Wildman–Crippen LogP) is 5.49. The number of carbonyl (C=O) groups is 1. The van der Waals surface area contributed by atoms with Gasteiger partial charge in [0, 0.05) is 45.8 Å². The maximum Gasteiger partial charge on any atom is 0.416 e. The number of alkyl halides is 6. The third-order valence-corrected chi connectivity index (χ3v) is 6.55. The number of rotatable bonds is 7. The summed E-state index contributed by atoms with van der Waals surface area (Å²) in [5.41, 5.74) is -2.04. The zero-order valence-electron chi connectivity index (χ0n) is 20.5. The van der Waals surface area contributed by atoms with Crippen molar-refractivity contribution >= 4 is 5.91 Å². The summed E-state index contributed by atoms with van der Waals surface area (Å²) >= 11 is 0. The van der Waals surface area contributed by atoms with Crippen LogP contribution in [0.25, 0.3) is 0 Å². The highest BCUT2D eigenvalue weighted by Crippen LogP contribution is 2.36. The van der Waals surface area contributed by atoms with E-state index in [-0.39, 0.29) is 30.5 Å². The quantitative estimate of drug-likeness (QED) is 0.456. The fraction of sp³-hybridized carbons (Fsp3) is 0.500. The molecule has 0 spiro atoms. The standard InChI is InChI=1S/C26H31F6N3O/c1-18(2)34-11-13-35(14-12-34)23(20-7-5-4-6-8-20)24(36)33(3)10-9-19-15-21(25(27,28)29)17-22(16-19)26(30,31)32/h4-8,15-18,23H,9-14H2,1-3H3. The summed E-state index contributed by atoms with van der Waals surface area (Å²) in [6.07, 6.45) is -9.96. The van der Waals surface area contributed by atoms with Gasteiger partial charge in [0.05, 0.1) is 11.1 Å². The lowest BCUT2D eigenvalue weighted by molar-refractivity contribution is -0.143. The van der Waals surface area contributed by atoms with Crippen LogP contribution >= 0.6 is 0 Å².